The van der Waals surface area contributed by atoms with Crippen molar-refractivity contribution in [1.82, 2.24) is 4.90 Å². The molecular formula is C27H36N4O4. The Hall–Kier alpha value is -3.12. The first-order valence-electron chi connectivity index (χ1n) is 12.0. The Bertz CT molecular complexity index is 1060. The number of ether oxygens (including phenoxy) is 1. The lowest BCUT2D eigenvalue weighted by molar-refractivity contribution is 0.0769. The second kappa shape index (κ2) is 12.0. The number of hydrogen-bond acceptors (Lipinski definition) is 7. The highest BCUT2D eigenvalue weighted by molar-refractivity contribution is 5.98. The molecule has 0 saturated carbocycles. The highest BCUT2D eigenvalue weighted by Crippen LogP contribution is 2.30. The standard InChI is InChI=1S/C27H36N4O4/c1-17(2)34-26-8-6-21(13-22(26)14-28)19(4)35-30-27(29)25-7-5-20-9-11-31(23(15-32)16-33)12-10-24(20)18(25)3/h5-8,17,21,23,32-33H,4,9-13,15-16H2,1-3H3,(H2,29,30). The summed E-state index contributed by atoms with van der Waals surface area (Å²) in [5.74, 6) is 1.04. The van der Waals surface area contributed by atoms with Crippen molar-refractivity contribution in [1.29, 1.82) is 5.26 Å². The summed E-state index contributed by atoms with van der Waals surface area (Å²) in [6.45, 7) is 11.3. The first-order chi connectivity index (χ1) is 16.8. The van der Waals surface area contributed by atoms with E-state index in [1.165, 1.54) is 11.1 Å². The van der Waals surface area contributed by atoms with Crippen LogP contribution in [-0.2, 0) is 22.4 Å². The topological polar surface area (TPSA) is 124 Å². The predicted molar refractivity (Wildman–Crippen MR) is 135 cm³/mol. The van der Waals surface area contributed by atoms with E-state index in [1.807, 2.05) is 32.9 Å². The van der Waals surface area contributed by atoms with Crippen LogP contribution in [0.5, 0.6) is 0 Å². The van der Waals surface area contributed by atoms with Crippen molar-refractivity contribution in [2.24, 2.45) is 16.8 Å². The zero-order valence-corrected chi connectivity index (χ0v) is 20.8. The summed E-state index contributed by atoms with van der Waals surface area (Å²) in [6.07, 6.45) is 5.73. The molecule has 1 aliphatic heterocycles. The number of amidine groups is 1. The number of benzene rings is 1. The predicted octanol–water partition coefficient (Wildman–Crippen LogP) is 2.68. The maximum Gasteiger partial charge on any atom is 0.171 e. The van der Waals surface area contributed by atoms with Crippen LogP contribution in [0.3, 0.4) is 0 Å². The molecule has 0 fully saturated rings. The number of hydrogen-bond donors (Lipinski definition) is 3. The number of nitrogens with two attached hydrogens (primary N) is 1. The van der Waals surface area contributed by atoms with Gasteiger partial charge in [-0.1, -0.05) is 29.9 Å². The van der Waals surface area contributed by atoms with Crippen LogP contribution in [0, 0.1) is 24.2 Å². The molecule has 2 aliphatic rings. The molecule has 0 radical (unpaired) electrons. The largest absolute Gasteiger partial charge is 0.490 e. The number of allylic oxidation sites excluding steroid dienone is 3. The van der Waals surface area contributed by atoms with E-state index < -0.39 is 0 Å². The molecule has 1 aliphatic carbocycles. The molecule has 1 heterocycles. The maximum absolute atomic E-state index is 9.55. The quantitative estimate of drug-likeness (QED) is 0.215. The highest BCUT2D eigenvalue weighted by atomic mass is 16.6. The van der Waals surface area contributed by atoms with Crippen molar-refractivity contribution in [3.05, 3.63) is 70.2 Å². The van der Waals surface area contributed by atoms with Gasteiger partial charge in [0.15, 0.2) is 5.84 Å². The number of aliphatic hydroxyl groups is 2. The van der Waals surface area contributed by atoms with Gasteiger partial charge in [0.1, 0.15) is 11.5 Å². The normalized spacial score (nSPS) is 18.9. The highest BCUT2D eigenvalue weighted by Gasteiger charge is 2.24. The first kappa shape index (κ1) is 26.5. The molecule has 3 rings (SSSR count). The summed E-state index contributed by atoms with van der Waals surface area (Å²) in [5, 5.41) is 32.7. The molecule has 1 unspecified atom stereocenters. The Morgan fingerprint density at radius 1 is 1.29 bits per heavy atom. The molecule has 4 N–H and O–H groups in total. The van der Waals surface area contributed by atoms with E-state index in [2.05, 4.69) is 28.8 Å². The Balaban J connectivity index is 1.69. The van der Waals surface area contributed by atoms with Gasteiger partial charge in [-0.25, -0.2) is 0 Å². The molecule has 0 saturated heterocycles. The van der Waals surface area contributed by atoms with Gasteiger partial charge in [0.2, 0.25) is 0 Å². The monoisotopic (exact) mass is 480 g/mol. The molecule has 8 nitrogen and oxygen atoms in total. The van der Waals surface area contributed by atoms with E-state index in [0.29, 0.717) is 23.5 Å². The average molecular weight is 481 g/mol. The second-order valence-corrected chi connectivity index (χ2v) is 9.26. The number of fused-ring (bicyclic) bond motifs is 1. The minimum Gasteiger partial charge on any atom is -0.490 e. The number of oxime groups is 1. The first-order valence-corrected chi connectivity index (χ1v) is 12.0. The molecule has 1 atom stereocenters. The van der Waals surface area contributed by atoms with Gasteiger partial charge in [0, 0.05) is 24.6 Å². The van der Waals surface area contributed by atoms with E-state index in [-0.39, 0.29) is 37.1 Å². The Kier molecular flexibility index (Phi) is 9.10. The lowest BCUT2D eigenvalue weighted by Crippen LogP contribution is -2.42. The van der Waals surface area contributed by atoms with E-state index in [1.54, 1.807) is 6.08 Å². The number of rotatable bonds is 9. The fourth-order valence-electron chi connectivity index (χ4n) is 4.56. The zero-order chi connectivity index (χ0) is 25.5. The SMILES string of the molecule is C=C(O/N=C(\N)c1ccc2c(c1C)CCN(C(CO)CO)CC2)C1C=CC(OC(C)C)=C(C#N)C1. The summed E-state index contributed by atoms with van der Waals surface area (Å²) >= 11 is 0. The summed E-state index contributed by atoms with van der Waals surface area (Å²) in [5.41, 5.74) is 11.2. The molecule has 1 aromatic rings. The van der Waals surface area contributed by atoms with Crippen LogP contribution in [0.2, 0.25) is 0 Å². The van der Waals surface area contributed by atoms with Crippen LogP contribution in [0.15, 0.2) is 53.1 Å². The van der Waals surface area contributed by atoms with Crippen LogP contribution in [0.25, 0.3) is 0 Å². The molecule has 1 aromatic carbocycles. The van der Waals surface area contributed by atoms with Gasteiger partial charge in [-0.05, 0) is 62.8 Å². The lowest BCUT2D eigenvalue weighted by Gasteiger charge is -2.27. The fourth-order valence-corrected chi connectivity index (χ4v) is 4.56. The maximum atomic E-state index is 9.55. The van der Waals surface area contributed by atoms with Gasteiger partial charge in [-0.3, -0.25) is 4.90 Å². The van der Waals surface area contributed by atoms with Gasteiger partial charge < -0.3 is 25.5 Å². The van der Waals surface area contributed by atoms with Crippen LogP contribution >= 0.6 is 0 Å². The van der Waals surface area contributed by atoms with E-state index >= 15 is 0 Å². The van der Waals surface area contributed by atoms with Gasteiger partial charge in [0.05, 0.1) is 37.0 Å². The minimum absolute atomic E-state index is 0.0172. The summed E-state index contributed by atoms with van der Waals surface area (Å²) < 4.78 is 5.70. The Morgan fingerprint density at radius 2 is 2.00 bits per heavy atom. The third-order valence-electron chi connectivity index (χ3n) is 6.60. The van der Waals surface area contributed by atoms with E-state index in [0.717, 1.165) is 37.1 Å². The van der Waals surface area contributed by atoms with Gasteiger partial charge in [-0.2, -0.15) is 5.26 Å². The smallest absolute Gasteiger partial charge is 0.171 e. The van der Waals surface area contributed by atoms with Gasteiger partial charge in [-0.15, -0.1) is 0 Å². The second-order valence-electron chi connectivity index (χ2n) is 9.26. The Labute approximate surface area is 207 Å². The van der Waals surface area contributed by atoms with Crippen molar-refractivity contribution in [2.45, 2.75) is 52.2 Å². The zero-order valence-electron chi connectivity index (χ0n) is 20.8. The summed E-state index contributed by atoms with van der Waals surface area (Å²) in [6, 6.07) is 5.99. The molecule has 188 valence electrons. The molecular weight excluding hydrogens is 444 g/mol. The van der Waals surface area contributed by atoms with Gasteiger partial charge >= 0.3 is 0 Å². The van der Waals surface area contributed by atoms with Crippen LogP contribution in [0.1, 0.15) is 42.5 Å². The molecule has 35 heavy (non-hydrogen) atoms. The lowest BCUT2D eigenvalue weighted by atomic mass is 9.92. The van der Waals surface area contributed by atoms with E-state index in [4.69, 9.17) is 15.3 Å². The summed E-state index contributed by atoms with van der Waals surface area (Å²) in [4.78, 5) is 7.72. The van der Waals surface area contributed by atoms with E-state index in [9.17, 15) is 15.5 Å². The van der Waals surface area contributed by atoms with Crippen molar-refractivity contribution in [2.75, 3.05) is 26.3 Å². The van der Waals surface area contributed by atoms with Crippen molar-refractivity contribution in [3.8, 4) is 6.07 Å². The van der Waals surface area contributed by atoms with Crippen molar-refractivity contribution < 1.29 is 19.8 Å². The van der Waals surface area contributed by atoms with Crippen LogP contribution in [0.4, 0.5) is 0 Å². The molecule has 0 spiro atoms. The number of aliphatic hydroxyl groups excluding tert-OH is 2. The molecule has 0 bridgehead atoms. The minimum atomic E-state index is -0.242. The third kappa shape index (κ3) is 6.31. The number of nitrogens with zero attached hydrogens (tertiary/aromatic N) is 3. The van der Waals surface area contributed by atoms with Crippen LogP contribution in [-0.4, -0.2) is 59.4 Å². The van der Waals surface area contributed by atoms with Crippen LogP contribution < -0.4 is 5.73 Å². The molecule has 0 aromatic heterocycles. The Morgan fingerprint density at radius 3 is 2.66 bits per heavy atom. The third-order valence-corrected chi connectivity index (χ3v) is 6.60. The molecule has 8 heteroatoms. The van der Waals surface area contributed by atoms with Crippen molar-refractivity contribution >= 4 is 5.84 Å². The average Bonchev–Trinajstić information content (AvgIpc) is 3.07. The number of nitriles is 1. The molecule has 0 amide bonds. The van der Waals surface area contributed by atoms with Gasteiger partial charge in [0.25, 0.3) is 0 Å². The summed E-state index contributed by atoms with van der Waals surface area (Å²) in [7, 11) is 0. The fraction of sp³-hybridized carbons (Fsp3) is 0.481. The van der Waals surface area contributed by atoms with Crippen molar-refractivity contribution in [3.63, 3.8) is 0 Å².